The predicted molar refractivity (Wildman–Crippen MR) is 48.7 cm³/mol. The Hall–Kier alpha value is -0.310. The smallest absolute Gasteiger partial charge is 0.0679 e. The summed E-state index contributed by atoms with van der Waals surface area (Å²) in [6, 6.07) is 0. The lowest BCUT2D eigenvalue weighted by atomic mass is 10.1. The fraction of sp³-hybridized carbons (Fsp3) is 0.500. The van der Waals surface area contributed by atoms with Crippen molar-refractivity contribution in [3.63, 3.8) is 0 Å². The van der Waals surface area contributed by atoms with Gasteiger partial charge >= 0.3 is 0 Å². The second-order valence-corrected chi connectivity index (χ2v) is 2.86. The lowest BCUT2D eigenvalue weighted by Gasteiger charge is -2.11. The summed E-state index contributed by atoms with van der Waals surface area (Å²) in [5.41, 5.74) is 6.55. The molecule has 0 aromatic carbocycles. The third-order valence-corrected chi connectivity index (χ3v) is 1.92. The highest BCUT2D eigenvalue weighted by atomic mass is 35.5. The molecule has 0 aliphatic heterocycles. The van der Waals surface area contributed by atoms with Crippen LogP contribution in [0, 0.1) is 0 Å². The number of rotatable bonds is 5. The van der Waals surface area contributed by atoms with Gasteiger partial charge in [0.25, 0.3) is 0 Å². The van der Waals surface area contributed by atoms with Crippen molar-refractivity contribution in [3.8, 4) is 0 Å². The Balaban J connectivity index is 3.91. The molecule has 0 radical (unpaired) electrons. The molecule has 11 heavy (non-hydrogen) atoms. The molecule has 0 aromatic heterocycles. The first-order valence-electron chi connectivity index (χ1n) is 3.45. The van der Waals surface area contributed by atoms with Crippen molar-refractivity contribution in [2.24, 2.45) is 5.73 Å². The highest BCUT2D eigenvalue weighted by Crippen LogP contribution is 2.17. The van der Waals surface area contributed by atoms with Crippen LogP contribution in [0.15, 0.2) is 24.3 Å². The highest BCUT2D eigenvalue weighted by Gasteiger charge is 2.09. The third-order valence-electron chi connectivity index (χ3n) is 1.44. The summed E-state index contributed by atoms with van der Waals surface area (Å²) in [6.45, 7) is 7.73. The van der Waals surface area contributed by atoms with Crippen LogP contribution in [0.2, 0.25) is 0 Å². The Morgan fingerprint density at radius 1 is 1.55 bits per heavy atom. The Morgan fingerprint density at radius 2 is 2.09 bits per heavy atom. The van der Waals surface area contributed by atoms with E-state index in [4.69, 9.17) is 22.4 Å². The number of alkyl halides is 1. The largest absolute Gasteiger partial charge is 0.392 e. The van der Waals surface area contributed by atoms with Crippen LogP contribution in [-0.4, -0.2) is 23.6 Å². The van der Waals surface area contributed by atoms with Gasteiger partial charge in [-0.15, -0.1) is 11.6 Å². The summed E-state index contributed by atoms with van der Waals surface area (Å²) < 4.78 is 0. The number of halogens is 1. The topological polar surface area (TPSA) is 46.2 Å². The molecule has 0 saturated carbocycles. The van der Waals surface area contributed by atoms with Gasteiger partial charge in [-0.25, -0.2) is 0 Å². The van der Waals surface area contributed by atoms with E-state index in [1.54, 1.807) is 0 Å². The lowest BCUT2D eigenvalue weighted by Crippen LogP contribution is -2.12. The average Bonchev–Trinajstić information content (AvgIpc) is 2.02. The minimum Gasteiger partial charge on any atom is -0.392 e. The Bertz CT molecular complexity index is 156. The first-order valence-corrected chi connectivity index (χ1v) is 3.89. The molecular formula is C8H14ClNO. The molecule has 0 heterocycles. The molecule has 2 nitrogen and oxygen atoms in total. The predicted octanol–water partition coefficient (Wildman–Crippen LogP) is 1.05. The molecule has 64 valence electrons. The molecule has 0 fully saturated rings. The van der Waals surface area contributed by atoms with E-state index in [9.17, 15) is 0 Å². The zero-order chi connectivity index (χ0) is 8.85. The standard InChI is InChI=1S/C8H14ClNO/c1-6(5-11)7(2)8(9)3-4-10/h8,11H,1-5,10H2. The van der Waals surface area contributed by atoms with E-state index in [2.05, 4.69) is 13.2 Å². The van der Waals surface area contributed by atoms with E-state index in [0.29, 0.717) is 24.1 Å². The second-order valence-electron chi connectivity index (χ2n) is 2.33. The van der Waals surface area contributed by atoms with Crippen LogP contribution in [0.5, 0.6) is 0 Å². The summed E-state index contributed by atoms with van der Waals surface area (Å²) >= 11 is 5.85. The minimum absolute atomic E-state index is 0.0907. The van der Waals surface area contributed by atoms with Crippen molar-refractivity contribution in [2.75, 3.05) is 13.2 Å². The number of aliphatic hydroxyl groups excluding tert-OH is 1. The normalized spacial score (nSPS) is 12.6. The molecule has 0 aliphatic carbocycles. The maximum absolute atomic E-state index is 8.67. The molecule has 0 saturated heterocycles. The van der Waals surface area contributed by atoms with E-state index in [1.165, 1.54) is 0 Å². The van der Waals surface area contributed by atoms with Gasteiger partial charge in [0.1, 0.15) is 0 Å². The SMILES string of the molecule is C=C(CO)C(=C)C(Cl)CCN. The van der Waals surface area contributed by atoms with Crippen LogP contribution in [-0.2, 0) is 0 Å². The van der Waals surface area contributed by atoms with Gasteiger partial charge < -0.3 is 10.8 Å². The van der Waals surface area contributed by atoms with Gasteiger partial charge in [0.2, 0.25) is 0 Å². The molecule has 0 aliphatic rings. The zero-order valence-electron chi connectivity index (χ0n) is 6.52. The van der Waals surface area contributed by atoms with Crippen molar-refractivity contribution < 1.29 is 5.11 Å². The fourth-order valence-electron chi connectivity index (χ4n) is 0.644. The molecule has 1 atom stereocenters. The van der Waals surface area contributed by atoms with Gasteiger partial charge in [-0.2, -0.15) is 0 Å². The molecule has 3 N–H and O–H groups in total. The van der Waals surface area contributed by atoms with Crippen LogP contribution < -0.4 is 5.73 Å². The molecule has 1 unspecified atom stereocenters. The van der Waals surface area contributed by atoms with Gasteiger partial charge in [-0.05, 0) is 24.1 Å². The lowest BCUT2D eigenvalue weighted by molar-refractivity contribution is 0.333. The number of hydrogen-bond donors (Lipinski definition) is 2. The second kappa shape index (κ2) is 5.35. The summed E-state index contributed by atoms with van der Waals surface area (Å²) in [7, 11) is 0. The van der Waals surface area contributed by atoms with Gasteiger partial charge in [0.15, 0.2) is 0 Å². The summed E-state index contributed by atoms with van der Waals surface area (Å²) in [6.07, 6.45) is 0.666. The van der Waals surface area contributed by atoms with E-state index in [-0.39, 0.29) is 12.0 Å². The van der Waals surface area contributed by atoms with Crippen molar-refractivity contribution in [3.05, 3.63) is 24.3 Å². The van der Waals surface area contributed by atoms with Crippen molar-refractivity contribution >= 4 is 11.6 Å². The Labute approximate surface area is 72.4 Å². The number of hydrogen-bond acceptors (Lipinski definition) is 2. The number of nitrogens with two attached hydrogens (primary N) is 1. The molecule has 3 heteroatoms. The minimum atomic E-state index is -0.195. The van der Waals surface area contributed by atoms with Crippen LogP contribution in [0.1, 0.15) is 6.42 Å². The van der Waals surface area contributed by atoms with Crippen LogP contribution in [0.4, 0.5) is 0 Å². The zero-order valence-corrected chi connectivity index (χ0v) is 7.27. The summed E-state index contributed by atoms with van der Waals surface area (Å²) in [4.78, 5) is 0. The average molecular weight is 176 g/mol. The molecular weight excluding hydrogens is 162 g/mol. The van der Waals surface area contributed by atoms with Gasteiger partial charge in [-0.1, -0.05) is 13.2 Å². The summed E-state index contributed by atoms with van der Waals surface area (Å²) in [5, 5.41) is 8.48. The van der Waals surface area contributed by atoms with Crippen molar-refractivity contribution in [1.29, 1.82) is 0 Å². The van der Waals surface area contributed by atoms with Gasteiger partial charge in [0.05, 0.1) is 12.0 Å². The first kappa shape index (κ1) is 10.7. The highest BCUT2D eigenvalue weighted by molar-refractivity contribution is 6.22. The molecule has 0 aromatic rings. The monoisotopic (exact) mass is 175 g/mol. The maximum Gasteiger partial charge on any atom is 0.0679 e. The van der Waals surface area contributed by atoms with Gasteiger partial charge in [-0.3, -0.25) is 0 Å². The van der Waals surface area contributed by atoms with E-state index in [0.717, 1.165) is 0 Å². The molecule has 0 bridgehead atoms. The van der Waals surface area contributed by atoms with E-state index >= 15 is 0 Å². The van der Waals surface area contributed by atoms with Crippen LogP contribution in [0.25, 0.3) is 0 Å². The molecule has 0 rings (SSSR count). The van der Waals surface area contributed by atoms with Gasteiger partial charge in [0, 0.05) is 0 Å². The van der Waals surface area contributed by atoms with Crippen LogP contribution in [0.3, 0.4) is 0 Å². The van der Waals surface area contributed by atoms with Crippen molar-refractivity contribution in [1.82, 2.24) is 0 Å². The number of aliphatic hydroxyl groups is 1. The summed E-state index contributed by atoms with van der Waals surface area (Å²) in [5.74, 6) is 0. The van der Waals surface area contributed by atoms with Crippen molar-refractivity contribution in [2.45, 2.75) is 11.8 Å². The Morgan fingerprint density at radius 3 is 2.45 bits per heavy atom. The maximum atomic E-state index is 8.67. The first-order chi connectivity index (χ1) is 5.13. The van der Waals surface area contributed by atoms with E-state index < -0.39 is 0 Å². The van der Waals surface area contributed by atoms with E-state index in [1.807, 2.05) is 0 Å². The molecule has 0 amide bonds. The fourth-order valence-corrected chi connectivity index (χ4v) is 0.924. The third kappa shape index (κ3) is 3.56. The molecule has 0 spiro atoms. The quantitative estimate of drug-likeness (QED) is 0.485. The van der Waals surface area contributed by atoms with Crippen LogP contribution >= 0.6 is 11.6 Å². The Kier molecular flexibility index (Phi) is 5.20.